The molecule has 7 nitrogen and oxygen atoms in total. The number of halogens is 1. The van der Waals surface area contributed by atoms with E-state index in [-0.39, 0.29) is 5.57 Å². The molecule has 0 spiro atoms. The van der Waals surface area contributed by atoms with Crippen molar-refractivity contribution in [1.82, 2.24) is 14.8 Å². The molecule has 0 aliphatic carbocycles. The van der Waals surface area contributed by atoms with Crippen LogP contribution in [0.25, 0.3) is 23.0 Å². The zero-order valence-electron chi connectivity index (χ0n) is 18.5. The van der Waals surface area contributed by atoms with Gasteiger partial charge in [-0.05, 0) is 48.9 Å². The van der Waals surface area contributed by atoms with Gasteiger partial charge in [0.25, 0.3) is 5.91 Å². The number of carbonyl (C=O) groups is 1. The van der Waals surface area contributed by atoms with E-state index in [0.29, 0.717) is 27.7 Å². The molecule has 2 aromatic carbocycles. The second-order valence-electron chi connectivity index (χ2n) is 7.37. The standard InChI is InChI=1S/C26H20ClN5O2/c1-17-12-23(24(34-2)14-22(17)27)30-26(33)19(15-28)13-20-16-32(21-6-4-3-5-7-21)31-25(20)18-8-10-29-11-9-18/h3-14,16H,1-2H3,(H,30,33)/b19-13+. The summed E-state index contributed by atoms with van der Waals surface area (Å²) in [6.45, 7) is 1.82. The molecular weight excluding hydrogens is 450 g/mol. The summed E-state index contributed by atoms with van der Waals surface area (Å²) in [6.07, 6.45) is 6.63. The number of hydrogen-bond donors (Lipinski definition) is 1. The number of methoxy groups -OCH3 is 1. The number of nitrogens with one attached hydrogen (secondary N) is 1. The van der Waals surface area contributed by atoms with E-state index in [9.17, 15) is 10.1 Å². The lowest BCUT2D eigenvalue weighted by molar-refractivity contribution is -0.112. The average Bonchev–Trinajstić information content (AvgIpc) is 3.29. The van der Waals surface area contributed by atoms with Gasteiger partial charge in [-0.1, -0.05) is 29.8 Å². The lowest BCUT2D eigenvalue weighted by atomic mass is 10.1. The zero-order valence-corrected chi connectivity index (χ0v) is 19.2. The molecule has 1 N–H and O–H groups in total. The van der Waals surface area contributed by atoms with Gasteiger partial charge < -0.3 is 10.1 Å². The van der Waals surface area contributed by atoms with Crippen molar-refractivity contribution in [3.8, 4) is 28.8 Å². The number of nitriles is 1. The van der Waals surface area contributed by atoms with Crippen molar-refractivity contribution in [2.24, 2.45) is 0 Å². The van der Waals surface area contributed by atoms with Crippen LogP contribution in [0.15, 0.2) is 78.8 Å². The summed E-state index contributed by atoms with van der Waals surface area (Å²) < 4.78 is 7.03. The normalized spacial score (nSPS) is 11.1. The van der Waals surface area contributed by atoms with E-state index in [1.54, 1.807) is 35.4 Å². The molecular formula is C26H20ClN5O2. The van der Waals surface area contributed by atoms with Crippen LogP contribution in [-0.2, 0) is 4.79 Å². The van der Waals surface area contributed by atoms with Crippen LogP contribution in [0, 0.1) is 18.3 Å². The number of benzene rings is 2. The quantitative estimate of drug-likeness (QED) is 0.299. The molecule has 0 fully saturated rings. The first kappa shape index (κ1) is 22.8. The molecule has 0 bridgehead atoms. The number of para-hydroxylation sites is 1. The van der Waals surface area contributed by atoms with Gasteiger partial charge in [0.1, 0.15) is 23.1 Å². The highest BCUT2D eigenvalue weighted by Gasteiger charge is 2.17. The van der Waals surface area contributed by atoms with E-state index >= 15 is 0 Å². The van der Waals surface area contributed by atoms with Gasteiger partial charge in [-0.15, -0.1) is 0 Å². The van der Waals surface area contributed by atoms with Gasteiger partial charge >= 0.3 is 0 Å². The van der Waals surface area contributed by atoms with E-state index in [1.165, 1.54) is 13.2 Å². The highest BCUT2D eigenvalue weighted by molar-refractivity contribution is 6.31. The van der Waals surface area contributed by atoms with Gasteiger partial charge in [0.2, 0.25) is 0 Å². The van der Waals surface area contributed by atoms with Crippen molar-refractivity contribution in [2.75, 3.05) is 12.4 Å². The van der Waals surface area contributed by atoms with Crippen LogP contribution in [0.4, 0.5) is 5.69 Å². The minimum atomic E-state index is -0.573. The minimum Gasteiger partial charge on any atom is -0.495 e. The van der Waals surface area contributed by atoms with Crippen LogP contribution in [-0.4, -0.2) is 27.8 Å². The van der Waals surface area contributed by atoms with Crippen molar-refractivity contribution in [2.45, 2.75) is 6.92 Å². The fraction of sp³-hybridized carbons (Fsp3) is 0.0769. The molecule has 0 radical (unpaired) electrons. The van der Waals surface area contributed by atoms with E-state index in [2.05, 4.69) is 10.3 Å². The first-order valence-corrected chi connectivity index (χ1v) is 10.7. The maximum Gasteiger partial charge on any atom is 0.266 e. The Hall–Kier alpha value is -4.41. The van der Waals surface area contributed by atoms with Gasteiger partial charge in [0.05, 0.1) is 18.5 Å². The molecule has 0 saturated heterocycles. The van der Waals surface area contributed by atoms with Crippen LogP contribution in [0.3, 0.4) is 0 Å². The summed E-state index contributed by atoms with van der Waals surface area (Å²) in [4.78, 5) is 17.1. The first-order chi connectivity index (χ1) is 16.5. The summed E-state index contributed by atoms with van der Waals surface area (Å²) in [6, 6.07) is 18.5. The van der Waals surface area contributed by atoms with Gasteiger partial charge in [-0.25, -0.2) is 4.68 Å². The number of nitrogens with zero attached hydrogens (tertiary/aromatic N) is 4. The van der Waals surface area contributed by atoms with Crippen LogP contribution >= 0.6 is 11.6 Å². The second kappa shape index (κ2) is 10.0. The predicted octanol–water partition coefficient (Wildman–Crippen LogP) is 5.45. The molecule has 4 rings (SSSR count). The molecule has 2 heterocycles. The fourth-order valence-corrected chi connectivity index (χ4v) is 3.52. The molecule has 0 saturated carbocycles. The zero-order chi connectivity index (χ0) is 24.1. The van der Waals surface area contributed by atoms with Gasteiger partial charge in [0, 0.05) is 40.8 Å². The number of ether oxygens (including phenoxy) is 1. The third-order valence-electron chi connectivity index (χ3n) is 5.11. The molecule has 1 amide bonds. The van der Waals surface area contributed by atoms with Gasteiger partial charge in [-0.3, -0.25) is 9.78 Å². The van der Waals surface area contributed by atoms with Crippen molar-refractivity contribution in [3.63, 3.8) is 0 Å². The molecule has 168 valence electrons. The Bertz CT molecular complexity index is 1410. The number of rotatable bonds is 6. The fourth-order valence-electron chi connectivity index (χ4n) is 3.36. The van der Waals surface area contributed by atoms with Crippen molar-refractivity contribution in [3.05, 3.63) is 94.9 Å². The summed E-state index contributed by atoms with van der Waals surface area (Å²) in [5.41, 5.74) is 3.99. The third-order valence-corrected chi connectivity index (χ3v) is 5.52. The number of aryl methyl sites for hydroxylation is 1. The van der Waals surface area contributed by atoms with Crippen LogP contribution in [0.5, 0.6) is 5.75 Å². The lowest BCUT2D eigenvalue weighted by Gasteiger charge is -2.12. The topological polar surface area (TPSA) is 92.8 Å². The summed E-state index contributed by atoms with van der Waals surface area (Å²) in [5.74, 6) is -0.175. The SMILES string of the molecule is COc1cc(Cl)c(C)cc1NC(=O)/C(C#N)=C/c1cn(-c2ccccc2)nc1-c1ccncc1. The van der Waals surface area contributed by atoms with Crippen LogP contribution in [0.2, 0.25) is 5.02 Å². The highest BCUT2D eigenvalue weighted by Crippen LogP contribution is 2.31. The summed E-state index contributed by atoms with van der Waals surface area (Å²) in [7, 11) is 1.48. The highest BCUT2D eigenvalue weighted by atomic mass is 35.5. The second-order valence-corrected chi connectivity index (χ2v) is 7.78. The smallest absolute Gasteiger partial charge is 0.266 e. The Labute approximate surface area is 201 Å². The van der Waals surface area contributed by atoms with Crippen molar-refractivity contribution < 1.29 is 9.53 Å². The number of pyridine rings is 1. The summed E-state index contributed by atoms with van der Waals surface area (Å²) >= 11 is 6.16. The predicted molar refractivity (Wildman–Crippen MR) is 132 cm³/mol. The number of aromatic nitrogens is 3. The van der Waals surface area contributed by atoms with Crippen molar-refractivity contribution >= 4 is 29.3 Å². The Morgan fingerprint density at radius 1 is 1.18 bits per heavy atom. The van der Waals surface area contributed by atoms with Gasteiger partial charge in [-0.2, -0.15) is 10.4 Å². The maximum absolute atomic E-state index is 13.0. The monoisotopic (exact) mass is 469 g/mol. The van der Waals surface area contributed by atoms with Crippen LogP contribution < -0.4 is 10.1 Å². The van der Waals surface area contributed by atoms with Crippen molar-refractivity contribution in [1.29, 1.82) is 5.26 Å². The Morgan fingerprint density at radius 2 is 1.91 bits per heavy atom. The number of anilines is 1. The van der Waals surface area contributed by atoms with E-state index in [0.717, 1.165) is 16.8 Å². The Kier molecular flexibility index (Phi) is 6.72. The van der Waals surface area contributed by atoms with E-state index in [1.807, 2.05) is 55.5 Å². The van der Waals surface area contributed by atoms with Crippen LogP contribution in [0.1, 0.15) is 11.1 Å². The molecule has 2 aromatic heterocycles. The first-order valence-electron chi connectivity index (χ1n) is 10.3. The molecule has 0 atom stereocenters. The average molecular weight is 470 g/mol. The van der Waals surface area contributed by atoms with E-state index < -0.39 is 5.91 Å². The molecule has 0 unspecified atom stereocenters. The molecule has 4 aromatic rings. The molecule has 8 heteroatoms. The molecule has 34 heavy (non-hydrogen) atoms. The Balaban J connectivity index is 1.74. The Morgan fingerprint density at radius 3 is 2.59 bits per heavy atom. The number of amides is 1. The minimum absolute atomic E-state index is 0.0856. The summed E-state index contributed by atoms with van der Waals surface area (Å²) in [5, 5.41) is 17.7. The lowest BCUT2D eigenvalue weighted by Crippen LogP contribution is -2.14. The van der Waals surface area contributed by atoms with E-state index in [4.69, 9.17) is 21.4 Å². The molecule has 0 aliphatic rings. The van der Waals surface area contributed by atoms with Gasteiger partial charge in [0.15, 0.2) is 0 Å². The maximum atomic E-state index is 13.0. The number of carbonyl (C=O) groups excluding carboxylic acids is 1. The largest absolute Gasteiger partial charge is 0.495 e. The third kappa shape index (κ3) is 4.82. The molecule has 0 aliphatic heterocycles. The number of hydrogen-bond acceptors (Lipinski definition) is 5.